The van der Waals surface area contributed by atoms with E-state index in [1.165, 1.54) is 0 Å². The van der Waals surface area contributed by atoms with Crippen LogP contribution in [-0.2, 0) is 4.79 Å². The topological polar surface area (TPSA) is 41.1 Å². The molecule has 5 heteroatoms. The monoisotopic (exact) mass is 256 g/mol. The van der Waals surface area contributed by atoms with Gasteiger partial charge in [0.05, 0.1) is 0 Å². The quantitative estimate of drug-likeness (QED) is 0.850. The molecule has 18 heavy (non-hydrogen) atoms. The van der Waals surface area contributed by atoms with Crippen LogP contribution in [0.2, 0.25) is 0 Å². The lowest BCUT2D eigenvalue weighted by Crippen LogP contribution is -2.39. The number of anilines is 1. The van der Waals surface area contributed by atoms with Gasteiger partial charge in [0.2, 0.25) is 5.91 Å². The lowest BCUT2D eigenvalue weighted by molar-refractivity contribution is -0.121. The van der Waals surface area contributed by atoms with Crippen LogP contribution in [0.4, 0.5) is 14.5 Å². The molecule has 100 valence electrons. The van der Waals surface area contributed by atoms with Crippen LogP contribution >= 0.6 is 0 Å². The minimum absolute atomic E-state index is 0.201. The summed E-state index contributed by atoms with van der Waals surface area (Å²) in [6.07, 6.45) is 0. The number of rotatable bonds is 5. The molecular formula is C13H18F2N2O. The fraction of sp³-hybridized carbons (Fsp3) is 0.462. The van der Waals surface area contributed by atoms with Crippen molar-refractivity contribution in [2.24, 2.45) is 5.92 Å². The Kier molecular flexibility index (Phi) is 5.07. The van der Waals surface area contributed by atoms with E-state index in [0.29, 0.717) is 12.5 Å². The van der Waals surface area contributed by atoms with E-state index in [-0.39, 0.29) is 11.6 Å². The summed E-state index contributed by atoms with van der Waals surface area (Å²) in [6, 6.07) is 2.53. The van der Waals surface area contributed by atoms with Crippen LogP contribution in [0.25, 0.3) is 0 Å². The van der Waals surface area contributed by atoms with Gasteiger partial charge in [-0.2, -0.15) is 0 Å². The summed E-state index contributed by atoms with van der Waals surface area (Å²) in [4.78, 5) is 11.7. The summed E-state index contributed by atoms with van der Waals surface area (Å²) in [6.45, 7) is 6.18. The smallest absolute Gasteiger partial charge is 0.242 e. The van der Waals surface area contributed by atoms with Crippen molar-refractivity contribution in [1.82, 2.24) is 5.32 Å². The highest BCUT2D eigenvalue weighted by molar-refractivity contribution is 5.84. The first-order valence-electron chi connectivity index (χ1n) is 5.89. The van der Waals surface area contributed by atoms with Gasteiger partial charge >= 0.3 is 0 Å². The van der Waals surface area contributed by atoms with Crippen molar-refractivity contribution in [3.05, 3.63) is 29.8 Å². The van der Waals surface area contributed by atoms with Crippen LogP contribution in [0, 0.1) is 17.6 Å². The van der Waals surface area contributed by atoms with Gasteiger partial charge in [-0.1, -0.05) is 13.8 Å². The molecule has 1 aromatic rings. The molecule has 0 heterocycles. The normalized spacial score (nSPS) is 12.3. The van der Waals surface area contributed by atoms with E-state index in [4.69, 9.17) is 0 Å². The summed E-state index contributed by atoms with van der Waals surface area (Å²) in [5.41, 5.74) is 0.250. The van der Waals surface area contributed by atoms with E-state index in [9.17, 15) is 13.6 Å². The van der Waals surface area contributed by atoms with Crippen LogP contribution in [0.15, 0.2) is 18.2 Å². The van der Waals surface area contributed by atoms with Gasteiger partial charge in [-0.25, -0.2) is 8.78 Å². The zero-order chi connectivity index (χ0) is 13.7. The molecule has 0 aliphatic heterocycles. The molecule has 0 saturated carbocycles. The number of benzene rings is 1. The van der Waals surface area contributed by atoms with E-state index in [2.05, 4.69) is 10.6 Å². The Labute approximate surface area is 106 Å². The molecule has 1 atom stereocenters. The van der Waals surface area contributed by atoms with Crippen LogP contribution in [0.3, 0.4) is 0 Å². The predicted octanol–water partition coefficient (Wildman–Crippen LogP) is 2.54. The maximum atomic E-state index is 13.0. The summed E-state index contributed by atoms with van der Waals surface area (Å²) in [5.74, 6) is -1.19. The molecule has 0 radical (unpaired) electrons. The summed E-state index contributed by atoms with van der Waals surface area (Å²) in [7, 11) is 0. The lowest BCUT2D eigenvalue weighted by atomic mass is 10.2. The third-order valence-electron chi connectivity index (χ3n) is 2.32. The SMILES string of the molecule is CC(C)CNC(=O)C(C)Nc1cc(F)cc(F)c1. The highest BCUT2D eigenvalue weighted by Gasteiger charge is 2.13. The predicted molar refractivity (Wildman–Crippen MR) is 67.3 cm³/mol. The molecule has 0 bridgehead atoms. The molecule has 0 aromatic heterocycles. The number of hydrogen-bond acceptors (Lipinski definition) is 2. The highest BCUT2D eigenvalue weighted by atomic mass is 19.1. The van der Waals surface area contributed by atoms with Crippen LogP contribution in [0.1, 0.15) is 20.8 Å². The number of hydrogen-bond donors (Lipinski definition) is 2. The van der Waals surface area contributed by atoms with Gasteiger partial charge < -0.3 is 10.6 Å². The van der Waals surface area contributed by atoms with E-state index in [1.807, 2.05) is 13.8 Å². The van der Waals surface area contributed by atoms with Crippen molar-refractivity contribution < 1.29 is 13.6 Å². The third-order valence-corrected chi connectivity index (χ3v) is 2.32. The molecule has 1 rings (SSSR count). The van der Waals surface area contributed by atoms with E-state index in [0.717, 1.165) is 18.2 Å². The van der Waals surface area contributed by atoms with Gasteiger partial charge in [0.1, 0.15) is 17.7 Å². The molecule has 1 amide bonds. The van der Waals surface area contributed by atoms with Gasteiger partial charge in [-0.15, -0.1) is 0 Å². The minimum Gasteiger partial charge on any atom is -0.374 e. The van der Waals surface area contributed by atoms with Crippen molar-refractivity contribution in [1.29, 1.82) is 0 Å². The largest absolute Gasteiger partial charge is 0.374 e. The number of carbonyl (C=O) groups excluding carboxylic acids is 1. The Morgan fingerprint density at radius 2 is 1.72 bits per heavy atom. The zero-order valence-electron chi connectivity index (χ0n) is 10.8. The Morgan fingerprint density at radius 3 is 2.22 bits per heavy atom. The van der Waals surface area contributed by atoms with Gasteiger partial charge in [0.25, 0.3) is 0 Å². The fourth-order valence-electron chi connectivity index (χ4n) is 1.41. The Morgan fingerprint density at radius 1 is 1.17 bits per heavy atom. The second kappa shape index (κ2) is 6.33. The first-order valence-corrected chi connectivity index (χ1v) is 5.89. The fourth-order valence-corrected chi connectivity index (χ4v) is 1.41. The third kappa shape index (κ3) is 4.69. The molecule has 0 spiro atoms. The van der Waals surface area contributed by atoms with Crippen molar-refractivity contribution in [3.63, 3.8) is 0 Å². The minimum atomic E-state index is -0.674. The van der Waals surface area contributed by atoms with Gasteiger partial charge in [-0.05, 0) is 25.0 Å². The Hall–Kier alpha value is -1.65. The Balaban J connectivity index is 2.58. The summed E-state index contributed by atoms with van der Waals surface area (Å²) >= 11 is 0. The van der Waals surface area contributed by atoms with Crippen molar-refractivity contribution in [2.45, 2.75) is 26.8 Å². The van der Waals surface area contributed by atoms with E-state index < -0.39 is 17.7 Å². The van der Waals surface area contributed by atoms with Gasteiger partial charge in [-0.3, -0.25) is 4.79 Å². The Bertz CT molecular complexity index is 401. The number of amides is 1. The van der Waals surface area contributed by atoms with Crippen LogP contribution in [0.5, 0.6) is 0 Å². The van der Waals surface area contributed by atoms with Crippen molar-refractivity contribution in [3.8, 4) is 0 Å². The average Bonchev–Trinajstić information content (AvgIpc) is 2.24. The molecule has 1 aromatic carbocycles. The average molecular weight is 256 g/mol. The maximum absolute atomic E-state index is 13.0. The van der Waals surface area contributed by atoms with Crippen molar-refractivity contribution >= 4 is 11.6 Å². The van der Waals surface area contributed by atoms with Gasteiger partial charge in [0, 0.05) is 18.3 Å². The zero-order valence-corrected chi connectivity index (χ0v) is 10.8. The molecule has 0 saturated heterocycles. The molecule has 0 fully saturated rings. The first kappa shape index (κ1) is 14.4. The van der Waals surface area contributed by atoms with Crippen molar-refractivity contribution in [2.75, 3.05) is 11.9 Å². The summed E-state index contributed by atoms with van der Waals surface area (Å²) in [5, 5.41) is 5.50. The number of halogens is 2. The molecular weight excluding hydrogens is 238 g/mol. The number of carbonyl (C=O) groups is 1. The molecule has 0 aliphatic carbocycles. The molecule has 1 unspecified atom stereocenters. The summed E-state index contributed by atoms with van der Waals surface area (Å²) < 4.78 is 25.9. The lowest BCUT2D eigenvalue weighted by Gasteiger charge is -2.16. The van der Waals surface area contributed by atoms with Crippen LogP contribution < -0.4 is 10.6 Å². The second-order valence-electron chi connectivity index (χ2n) is 4.66. The number of nitrogens with one attached hydrogen (secondary N) is 2. The molecule has 0 aliphatic rings. The standard InChI is InChI=1S/C13H18F2N2O/c1-8(2)7-16-13(18)9(3)17-12-5-10(14)4-11(15)6-12/h4-6,8-9,17H,7H2,1-3H3,(H,16,18). The van der Waals surface area contributed by atoms with E-state index in [1.54, 1.807) is 6.92 Å². The highest BCUT2D eigenvalue weighted by Crippen LogP contribution is 2.13. The molecule has 3 nitrogen and oxygen atoms in total. The van der Waals surface area contributed by atoms with E-state index >= 15 is 0 Å². The van der Waals surface area contributed by atoms with Crippen LogP contribution in [-0.4, -0.2) is 18.5 Å². The van der Waals surface area contributed by atoms with Gasteiger partial charge in [0.15, 0.2) is 0 Å². The first-order chi connectivity index (χ1) is 8.38. The second-order valence-corrected chi connectivity index (χ2v) is 4.66. The molecule has 2 N–H and O–H groups in total. The maximum Gasteiger partial charge on any atom is 0.242 e.